The van der Waals surface area contributed by atoms with Gasteiger partial charge in [0.1, 0.15) is 6.61 Å². The number of hydrogen-bond acceptors (Lipinski definition) is 10. The van der Waals surface area contributed by atoms with Gasteiger partial charge in [0.15, 0.2) is 23.4 Å². The maximum Gasteiger partial charge on any atom is 0.247 e. The second-order valence-electron chi connectivity index (χ2n) is 7.44. The van der Waals surface area contributed by atoms with Gasteiger partial charge in [-0.2, -0.15) is 4.98 Å². The number of thioether (sulfide) groups is 1. The average Bonchev–Trinajstić information content (AvgIpc) is 3.00. The molecular formula is C24H25N4O5S-. The lowest BCUT2D eigenvalue weighted by atomic mass is 10.1. The Kier molecular flexibility index (Phi) is 7.69. The molecule has 0 amide bonds. The third-order valence-corrected chi connectivity index (χ3v) is 5.90. The number of carbonyl (C=O) groups excluding carboxylic acids is 1. The van der Waals surface area contributed by atoms with Crippen LogP contribution in [0, 0.1) is 0 Å². The molecule has 0 radical (unpaired) electrons. The minimum Gasteiger partial charge on any atom is -0.546 e. The van der Waals surface area contributed by atoms with Crippen LogP contribution >= 0.6 is 11.8 Å². The molecule has 0 bridgehead atoms. The number of nitrogens with zero attached hydrogens (tertiary/aromatic N) is 3. The van der Waals surface area contributed by atoms with Crippen molar-refractivity contribution in [3.63, 3.8) is 0 Å². The second kappa shape index (κ2) is 11.1. The molecule has 4 rings (SSSR count). The van der Waals surface area contributed by atoms with Gasteiger partial charge in [-0.05, 0) is 37.6 Å². The van der Waals surface area contributed by atoms with Crippen LogP contribution in [0.15, 0.2) is 47.6 Å². The van der Waals surface area contributed by atoms with Gasteiger partial charge in [-0.15, -0.1) is 10.2 Å². The standard InChI is InChI=1S/C24H26N4O5S/c1-3-5-12-34-24-26-23-21(27-28-24)16-8-6-7-9-17(16)25-22(33-23)15-10-11-18(32-14-20(29)30)19(13-15)31-4-2/h6-11,13,22,25H,3-5,12,14H2,1-2H3,(H,29,30)/p-1/t22-/m0/s1. The Bertz CT molecular complexity index is 1160. The SMILES string of the molecule is CCCCSc1nnc2c(n1)O[C@@H](c1ccc(OCC(=O)[O-])c(OCC)c1)Nc1ccccc1-2. The third-order valence-electron chi connectivity index (χ3n) is 4.98. The average molecular weight is 482 g/mol. The summed E-state index contributed by atoms with van der Waals surface area (Å²) in [7, 11) is 0. The summed E-state index contributed by atoms with van der Waals surface area (Å²) in [6.07, 6.45) is 1.54. The van der Waals surface area contributed by atoms with Crippen LogP contribution < -0.4 is 24.6 Å². The first-order valence-corrected chi connectivity index (χ1v) is 12.1. The zero-order valence-corrected chi connectivity index (χ0v) is 19.8. The van der Waals surface area contributed by atoms with Crippen LogP contribution in [-0.4, -0.2) is 40.1 Å². The fourth-order valence-corrected chi connectivity index (χ4v) is 4.24. The summed E-state index contributed by atoms with van der Waals surface area (Å²) in [5.41, 5.74) is 2.96. The van der Waals surface area contributed by atoms with E-state index in [2.05, 4.69) is 27.4 Å². The molecule has 2 heterocycles. The largest absolute Gasteiger partial charge is 0.546 e. The van der Waals surface area contributed by atoms with E-state index in [4.69, 9.17) is 14.2 Å². The molecule has 0 saturated carbocycles. The summed E-state index contributed by atoms with van der Waals surface area (Å²) in [6.45, 7) is 3.78. The van der Waals surface area contributed by atoms with E-state index in [0.717, 1.165) is 35.4 Å². The van der Waals surface area contributed by atoms with Crippen molar-refractivity contribution in [1.82, 2.24) is 15.2 Å². The van der Waals surface area contributed by atoms with Crippen LogP contribution in [0.5, 0.6) is 17.4 Å². The summed E-state index contributed by atoms with van der Waals surface area (Å²) >= 11 is 1.55. The molecule has 3 aromatic rings. The number of carbonyl (C=O) groups is 1. The molecule has 0 unspecified atom stereocenters. The lowest BCUT2D eigenvalue weighted by Crippen LogP contribution is -2.29. The molecule has 0 aliphatic carbocycles. The number of carboxylic acids is 1. The van der Waals surface area contributed by atoms with E-state index in [0.29, 0.717) is 34.8 Å². The summed E-state index contributed by atoms with van der Waals surface area (Å²) in [4.78, 5) is 15.5. The van der Waals surface area contributed by atoms with Crippen molar-refractivity contribution in [3.8, 4) is 28.6 Å². The van der Waals surface area contributed by atoms with Crippen molar-refractivity contribution in [2.24, 2.45) is 0 Å². The molecule has 1 aliphatic heterocycles. The fourth-order valence-electron chi connectivity index (χ4n) is 3.38. The number of ether oxygens (including phenoxy) is 3. The Morgan fingerprint density at radius 2 is 2.00 bits per heavy atom. The number of unbranched alkanes of at least 4 members (excludes halogenated alkanes) is 1. The predicted octanol–water partition coefficient (Wildman–Crippen LogP) is 3.46. The quantitative estimate of drug-likeness (QED) is 0.341. The molecule has 0 spiro atoms. The van der Waals surface area contributed by atoms with Gasteiger partial charge in [0.2, 0.25) is 11.0 Å². The summed E-state index contributed by atoms with van der Waals surface area (Å²) in [5, 5.41) is 23.5. The number of rotatable bonds is 10. The number of carboxylic acid groups (broad SMARTS) is 1. The molecule has 0 saturated heterocycles. The van der Waals surface area contributed by atoms with E-state index >= 15 is 0 Å². The molecule has 34 heavy (non-hydrogen) atoms. The van der Waals surface area contributed by atoms with Gasteiger partial charge in [0.05, 0.1) is 12.6 Å². The van der Waals surface area contributed by atoms with Crippen LogP contribution in [0.1, 0.15) is 38.5 Å². The van der Waals surface area contributed by atoms with Crippen molar-refractivity contribution in [2.45, 2.75) is 38.1 Å². The molecule has 1 N–H and O–H groups in total. The molecular weight excluding hydrogens is 456 g/mol. The van der Waals surface area contributed by atoms with E-state index < -0.39 is 18.8 Å². The topological polar surface area (TPSA) is 119 Å². The fraction of sp³-hybridized carbons (Fsp3) is 0.333. The molecule has 0 fully saturated rings. The van der Waals surface area contributed by atoms with Crippen molar-refractivity contribution >= 4 is 23.4 Å². The third kappa shape index (κ3) is 5.51. The van der Waals surface area contributed by atoms with E-state index in [1.807, 2.05) is 31.2 Å². The maximum absolute atomic E-state index is 10.8. The van der Waals surface area contributed by atoms with Crippen molar-refractivity contribution in [1.29, 1.82) is 0 Å². The van der Waals surface area contributed by atoms with Crippen LogP contribution in [0.25, 0.3) is 11.3 Å². The molecule has 1 aliphatic rings. The maximum atomic E-state index is 10.8. The number of aliphatic carboxylic acids is 1. The van der Waals surface area contributed by atoms with Crippen LogP contribution in [0.3, 0.4) is 0 Å². The van der Waals surface area contributed by atoms with E-state index in [9.17, 15) is 9.90 Å². The first kappa shape index (κ1) is 23.6. The number of hydrogen-bond donors (Lipinski definition) is 1. The molecule has 9 nitrogen and oxygen atoms in total. The molecule has 178 valence electrons. The zero-order chi connectivity index (χ0) is 23.9. The van der Waals surface area contributed by atoms with Crippen molar-refractivity contribution in [3.05, 3.63) is 48.0 Å². The second-order valence-corrected chi connectivity index (χ2v) is 8.50. The Labute approximate surface area is 201 Å². The summed E-state index contributed by atoms with van der Waals surface area (Å²) < 4.78 is 17.3. The summed E-state index contributed by atoms with van der Waals surface area (Å²) in [5.74, 6) is 0.684. The number of para-hydroxylation sites is 1. The summed E-state index contributed by atoms with van der Waals surface area (Å²) in [6, 6.07) is 12.9. The van der Waals surface area contributed by atoms with Crippen LogP contribution in [0.2, 0.25) is 0 Å². The number of aromatic nitrogens is 3. The van der Waals surface area contributed by atoms with Gasteiger partial charge in [0, 0.05) is 22.6 Å². The Balaban J connectivity index is 1.69. The highest BCUT2D eigenvalue weighted by molar-refractivity contribution is 7.99. The van der Waals surface area contributed by atoms with Crippen LogP contribution in [0.4, 0.5) is 5.69 Å². The van der Waals surface area contributed by atoms with Crippen molar-refractivity contribution in [2.75, 3.05) is 24.3 Å². The minimum absolute atomic E-state index is 0.308. The van der Waals surface area contributed by atoms with E-state index in [-0.39, 0.29) is 0 Å². The molecule has 1 aromatic heterocycles. The Morgan fingerprint density at radius 3 is 2.79 bits per heavy atom. The molecule has 10 heteroatoms. The van der Waals surface area contributed by atoms with Crippen molar-refractivity contribution < 1.29 is 24.1 Å². The highest BCUT2D eigenvalue weighted by atomic mass is 32.2. The first-order valence-electron chi connectivity index (χ1n) is 11.1. The lowest BCUT2D eigenvalue weighted by Gasteiger charge is -2.21. The number of anilines is 1. The highest BCUT2D eigenvalue weighted by Gasteiger charge is 2.26. The Hall–Kier alpha value is -3.53. The van der Waals surface area contributed by atoms with Gasteiger partial charge >= 0.3 is 0 Å². The van der Waals surface area contributed by atoms with Gasteiger partial charge < -0.3 is 29.4 Å². The van der Waals surface area contributed by atoms with E-state index in [1.165, 1.54) is 0 Å². The van der Waals surface area contributed by atoms with Gasteiger partial charge in [0.25, 0.3) is 0 Å². The number of benzene rings is 2. The molecule has 2 aromatic carbocycles. The predicted molar refractivity (Wildman–Crippen MR) is 126 cm³/mol. The zero-order valence-electron chi connectivity index (χ0n) is 18.9. The normalized spacial score (nSPS) is 14.1. The van der Waals surface area contributed by atoms with Gasteiger partial charge in [-0.25, -0.2) is 0 Å². The van der Waals surface area contributed by atoms with Gasteiger partial charge in [-0.3, -0.25) is 0 Å². The minimum atomic E-state index is -1.31. The molecule has 1 atom stereocenters. The Morgan fingerprint density at radius 1 is 1.15 bits per heavy atom. The first-order chi connectivity index (χ1) is 16.6. The van der Waals surface area contributed by atoms with Crippen LogP contribution in [-0.2, 0) is 4.79 Å². The smallest absolute Gasteiger partial charge is 0.247 e. The van der Waals surface area contributed by atoms with E-state index in [1.54, 1.807) is 30.0 Å². The number of nitrogens with one attached hydrogen (secondary N) is 1. The monoisotopic (exact) mass is 481 g/mol. The van der Waals surface area contributed by atoms with Gasteiger partial charge in [-0.1, -0.05) is 43.3 Å². The number of fused-ring (bicyclic) bond motifs is 3. The lowest BCUT2D eigenvalue weighted by molar-refractivity contribution is -0.307. The highest BCUT2D eigenvalue weighted by Crippen LogP contribution is 2.40.